The summed E-state index contributed by atoms with van der Waals surface area (Å²) in [6, 6.07) is 8.32. The Kier molecular flexibility index (Phi) is 7.95. The van der Waals surface area contributed by atoms with Gasteiger partial charge in [-0.1, -0.05) is 35.9 Å². The molecule has 5 nitrogen and oxygen atoms in total. The van der Waals surface area contributed by atoms with Crippen LogP contribution in [-0.4, -0.2) is 60.4 Å². The first kappa shape index (κ1) is 22.8. The molecule has 6 heteroatoms. The molecule has 0 aromatic heterocycles. The van der Waals surface area contributed by atoms with Gasteiger partial charge in [0.25, 0.3) is 0 Å². The Morgan fingerprint density at radius 3 is 2.43 bits per heavy atom. The van der Waals surface area contributed by atoms with Crippen LogP contribution in [0.25, 0.3) is 0 Å². The normalized spacial score (nSPS) is 24.1. The number of benzene rings is 1. The molecule has 0 radical (unpaired) electrons. The maximum absolute atomic E-state index is 12.4. The van der Waals surface area contributed by atoms with Crippen molar-refractivity contribution in [1.82, 2.24) is 15.1 Å². The van der Waals surface area contributed by atoms with E-state index in [-0.39, 0.29) is 29.8 Å². The highest BCUT2D eigenvalue weighted by molar-refractivity contribution is 6.30. The lowest BCUT2D eigenvalue weighted by molar-refractivity contribution is -0.133. The monoisotopic (exact) mass is 431 g/mol. The molecule has 1 fully saturated rings. The highest BCUT2D eigenvalue weighted by Gasteiger charge is 2.37. The zero-order valence-corrected chi connectivity index (χ0v) is 19.0. The third-order valence-electron chi connectivity index (χ3n) is 6.65. The first-order chi connectivity index (χ1) is 14.4. The zero-order chi connectivity index (χ0) is 21.6. The average Bonchev–Trinajstić information content (AvgIpc) is 2.75. The van der Waals surface area contributed by atoms with Crippen molar-refractivity contribution in [1.29, 1.82) is 0 Å². The molecule has 1 aromatic rings. The van der Waals surface area contributed by atoms with E-state index in [0.717, 1.165) is 50.1 Å². The third-order valence-corrected chi connectivity index (χ3v) is 6.91. The minimum absolute atomic E-state index is 0.00374. The van der Waals surface area contributed by atoms with Gasteiger partial charge in [-0.25, -0.2) is 0 Å². The van der Waals surface area contributed by atoms with Gasteiger partial charge in [-0.3, -0.25) is 9.59 Å². The molecule has 0 bridgehead atoms. The van der Waals surface area contributed by atoms with E-state index >= 15 is 0 Å². The van der Waals surface area contributed by atoms with E-state index in [2.05, 4.69) is 42.5 Å². The Morgan fingerprint density at radius 2 is 1.83 bits per heavy atom. The fourth-order valence-corrected chi connectivity index (χ4v) is 4.74. The van der Waals surface area contributed by atoms with Gasteiger partial charge in [0, 0.05) is 42.5 Å². The van der Waals surface area contributed by atoms with Gasteiger partial charge in [-0.2, -0.15) is 0 Å². The van der Waals surface area contributed by atoms with Crippen LogP contribution in [0.1, 0.15) is 50.5 Å². The van der Waals surface area contributed by atoms with E-state index in [1.54, 1.807) is 0 Å². The number of nitrogens with one attached hydrogen (secondary N) is 1. The van der Waals surface area contributed by atoms with Gasteiger partial charge >= 0.3 is 0 Å². The number of likely N-dealkylation sites (N-methyl/N-ethyl adjacent to an activating group) is 1. The first-order valence-corrected chi connectivity index (χ1v) is 11.4. The van der Waals surface area contributed by atoms with Gasteiger partial charge in [0.1, 0.15) is 0 Å². The molecule has 0 saturated heterocycles. The van der Waals surface area contributed by atoms with Gasteiger partial charge in [-0.05, 0) is 70.3 Å². The van der Waals surface area contributed by atoms with Crippen LogP contribution >= 0.6 is 11.6 Å². The molecule has 1 heterocycles. The third kappa shape index (κ3) is 6.08. The molecule has 2 amide bonds. The van der Waals surface area contributed by atoms with Crippen LogP contribution in [0.3, 0.4) is 0 Å². The summed E-state index contributed by atoms with van der Waals surface area (Å²) in [7, 11) is 4.30. The lowest BCUT2D eigenvalue weighted by Gasteiger charge is -2.45. The maximum Gasteiger partial charge on any atom is 0.223 e. The molecule has 2 aliphatic rings. The van der Waals surface area contributed by atoms with Crippen molar-refractivity contribution in [3.63, 3.8) is 0 Å². The van der Waals surface area contributed by atoms with E-state index < -0.39 is 0 Å². The van der Waals surface area contributed by atoms with Crippen molar-refractivity contribution in [2.75, 3.05) is 27.2 Å². The van der Waals surface area contributed by atoms with Crippen LogP contribution in [0.15, 0.2) is 36.4 Å². The minimum atomic E-state index is -0.00374. The fraction of sp³-hybridized carbons (Fsp3) is 0.583. The van der Waals surface area contributed by atoms with E-state index in [0.29, 0.717) is 13.0 Å². The molecule has 164 valence electrons. The summed E-state index contributed by atoms with van der Waals surface area (Å²) >= 11 is 6.03. The van der Waals surface area contributed by atoms with Gasteiger partial charge in [-0.15, -0.1) is 0 Å². The van der Waals surface area contributed by atoms with Crippen molar-refractivity contribution < 1.29 is 9.59 Å². The van der Waals surface area contributed by atoms with Crippen molar-refractivity contribution in [2.24, 2.45) is 0 Å². The van der Waals surface area contributed by atoms with E-state index in [1.165, 1.54) is 5.56 Å². The quantitative estimate of drug-likeness (QED) is 0.668. The molecule has 1 N–H and O–H groups in total. The number of hydrogen-bond acceptors (Lipinski definition) is 3. The van der Waals surface area contributed by atoms with Gasteiger partial charge in [0.05, 0.1) is 0 Å². The lowest BCUT2D eigenvalue weighted by atomic mass is 9.75. The molecular weight excluding hydrogens is 398 g/mol. The summed E-state index contributed by atoms with van der Waals surface area (Å²) in [4.78, 5) is 28.8. The molecule has 0 atom stereocenters. The highest BCUT2D eigenvalue weighted by atomic mass is 35.5. The van der Waals surface area contributed by atoms with Crippen LogP contribution in [-0.2, 0) is 16.0 Å². The number of amides is 2. The first-order valence-electron chi connectivity index (χ1n) is 11.0. The van der Waals surface area contributed by atoms with E-state index in [1.807, 2.05) is 23.1 Å². The Hall–Kier alpha value is -1.85. The maximum atomic E-state index is 12.4. The molecule has 3 rings (SSSR count). The minimum Gasteiger partial charge on any atom is -0.353 e. The van der Waals surface area contributed by atoms with Crippen LogP contribution in [0, 0.1) is 0 Å². The second-order valence-electron chi connectivity index (χ2n) is 8.86. The van der Waals surface area contributed by atoms with E-state index in [4.69, 9.17) is 11.6 Å². The molecule has 30 heavy (non-hydrogen) atoms. The Morgan fingerprint density at radius 1 is 1.13 bits per heavy atom. The summed E-state index contributed by atoms with van der Waals surface area (Å²) in [5.74, 6) is 0.0729. The summed E-state index contributed by atoms with van der Waals surface area (Å²) < 4.78 is 0. The lowest BCUT2D eigenvalue weighted by Crippen LogP contribution is -2.52. The van der Waals surface area contributed by atoms with E-state index in [9.17, 15) is 9.59 Å². The Balaban J connectivity index is 1.46. The molecule has 1 aliphatic heterocycles. The van der Waals surface area contributed by atoms with Crippen LogP contribution in [0.4, 0.5) is 0 Å². The number of carbonyl (C=O) groups is 2. The molecule has 1 aromatic carbocycles. The Labute approximate surface area is 185 Å². The summed E-state index contributed by atoms with van der Waals surface area (Å²) in [6.45, 7) is 1.43. The average molecular weight is 432 g/mol. The zero-order valence-electron chi connectivity index (χ0n) is 18.2. The summed E-state index contributed by atoms with van der Waals surface area (Å²) in [5.41, 5.74) is 1.40. The van der Waals surface area contributed by atoms with Crippen LogP contribution < -0.4 is 5.32 Å². The Bertz CT molecular complexity index is 752. The molecule has 1 aliphatic carbocycles. The van der Waals surface area contributed by atoms with Crippen molar-refractivity contribution >= 4 is 23.4 Å². The summed E-state index contributed by atoms with van der Waals surface area (Å²) in [6.07, 6.45) is 10.6. The standard InChI is InChI=1S/C24H34ClN3O2/c1-27(2)24(18-19-6-8-20(25)9-7-19)14-12-21(13-15-24)26-22(29)10-11-23(30)28-16-4-3-5-17-28/h3-4,6-9,21H,5,10-18H2,1-2H3,(H,26,29). The number of rotatable bonds is 7. The number of carbonyl (C=O) groups excluding carboxylic acids is 2. The van der Waals surface area contributed by atoms with Gasteiger partial charge < -0.3 is 15.1 Å². The second-order valence-corrected chi connectivity index (χ2v) is 9.30. The topological polar surface area (TPSA) is 52.7 Å². The molecule has 0 unspecified atom stereocenters. The molecule has 1 saturated carbocycles. The fourth-order valence-electron chi connectivity index (χ4n) is 4.61. The summed E-state index contributed by atoms with van der Waals surface area (Å²) in [5, 5.41) is 3.93. The molecular formula is C24H34ClN3O2. The van der Waals surface area contributed by atoms with Gasteiger partial charge in [0.15, 0.2) is 0 Å². The van der Waals surface area contributed by atoms with Crippen molar-refractivity contribution in [2.45, 2.75) is 62.9 Å². The second kappa shape index (κ2) is 10.5. The highest BCUT2D eigenvalue weighted by Crippen LogP contribution is 2.35. The van der Waals surface area contributed by atoms with Crippen molar-refractivity contribution in [3.8, 4) is 0 Å². The van der Waals surface area contributed by atoms with Crippen molar-refractivity contribution in [3.05, 3.63) is 47.0 Å². The molecule has 0 spiro atoms. The van der Waals surface area contributed by atoms with Crippen LogP contribution in [0.5, 0.6) is 0 Å². The van der Waals surface area contributed by atoms with Crippen LogP contribution in [0.2, 0.25) is 5.02 Å². The number of hydrogen-bond donors (Lipinski definition) is 1. The van der Waals surface area contributed by atoms with Gasteiger partial charge in [0.2, 0.25) is 11.8 Å². The number of halogens is 1. The smallest absolute Gasteiger partial charge is 0.223 e. The predicted molar refractivity (Wildman–Crippen MR) is 122 cm³/mol. The largest absolute Gasteiger partial charge is 0.353 e. The number of nitrogens with zero attached hydrogens (tertiary/aromatic N) is 2. The predicted octanol–water partition coefficient (Wildman–Crippen LogP) is 3.81. The SMILES string of the molecule is CN(C)C1(Cc2ccc(Cl)cc2)CCC(NC(=O)CCC(=O)N2CC=CCC2)CC1.